The van der Waals surface area contributed by atoms with Crippen molar-refractivity contribution in [1.82, 2.24) is 10.2 Å². The standard InChI is InChI=1S/C15H24N2O/c1-3-5-12(6-4-2)15(18)17-10-9-13-7-8-14(11-17)16-13/h3-4,12-14,16H,1-2,5-11H2. The van der Waals surface area contributed by atoms with E-state index in [1.807, 2.05) is 12.2 Å². The predicted molar refractivity (Wildman–Crippen MR) is 74.3 cm³/mol. The van der Waals surface area contributed by atoms with Crippen molar-refractivity contribution >= 4 is 5.91 Å². The van der Waals surface area contributed by atoms with E-state index in [2.05, 4.69) is 23.4 Å². The van der Waals surface area contributed by atoms with Crippen molar-refractivity contribution in [3.8, 4) is 0 Å². The molecule has 2 fully saturated rings. The van der Waals surface area contributed by atoms with Gasteiger partial charge in [0.1, 0.15) is 0 Å². The molecule has 3 heteroatoms. The fourth-order valence-electron chi connectivity index (χ4n) is 3.10. The quantitative estimate of drug-likeness (QED) is 0.756. The smallest absolute Gasteiger partial charge is 0.226 e. The molecule has 1 N–H and O–H groups in total. The van der Waals surface area contributed by atoms with E-state index in [-0.39, 0.29) is 11.8 Å². The molecule has 2 rings (SSSR count). The van der Waals surface area contributed by atoms with E-state index >= 15 is 0 Å². The summed E-state index contributed by atoms with van der Waals surface area (Å²) >= 11 is 0. The van der Waals surface area contributed by atoms with Crippen molar-refractivity contribution in [3.63, 3.8) is 0 Å². The van der Waals surface area contributed by atoms with Crippen LogP contribution in [0.4, 0.5) is 0 Å². The van der Waals surface area contributed by atoms with Crippen molar-refractivity contribution in [1.29, 1.82) is 0 Å². The Balaban J connectivity index is 1.98. The van der Waals surface area contributed by atoms with E-state index in [1.165, 1.54) is 12.8 Å². The Hall–Kier alpha value is -1.09. The number of nitrogens with one attached hydrogen (secondary N) is 1. The Labute approximate surface area is 110 Å². The lowest BCUT2D eigenvalue weighted by Crippen LogP contribution is -2.41. The predicted octanol–water partition coefficient (Wildman–Crippen LogP) is 2.11. The SMILES string of the molecule is C=CCC(CC=C)C(=O)N1CCC2CCC(C1)N2. The first-order chi connectivity index (χ1) is 8.74. The number of nitrogens with zero attached hydrogens (tertiary/aromatic N) is 1. The fraction of sp³-hybridized carbons (Fsp3) is 0.667. The van der Waals surface area contributed by atoms with Crippen LogP contribution in [0.2, 0.25) is 0 Å². The average Bonchev–Trinajstić information content (AvgIpc) is 2.68. The van der Waals surface area contributed by atoms with Gasteiger partial charge in [-0.2, -0.15) is 0 Å². The summed E-state index contributed by atoms with van der Waals surface area (Å²) in [6.07, 6.45) is 8.77. The number of allylic oxidation sites excluding steroid dienone is 2. The van der Waals surface area contributed by atoms with Gasteiger partial charge < -0.3 is 10.2 Å². The number of carbonyl (C=O) groups excluding carboxylic acids is 1. The summed E-state index contributed by atoms with van der Waals surface area (Å²) < 4.78 is 0. The van der Waals surface area contributed by atoms with E-state index in [0.717, 1.165) is 32.4 Å². The van der Waals surface area contributed by atoms with Gasteiger partial charge in [0.25, 0.3) is 0 Å². The Morgan fingerprint density at radius 1 is 1.22 bits per heavy atom. The third-order valence-corrected chi connectivity index (χ3v) is 4.09. The zero-order valence-corrected chi connectivity index (χ0v) is 11.1. The number of amides is 1. The average molecular weight is 248 g/mol. The molecule has 100 valence electrons. The summed E-state index contributed by atoms with van der Waals surface area (Å²) in [6, 6.07) is 1.14. The number of rotatable bonds is 5. The van der Waals surface area contributed by atoms with Gasteiger partial charge in [-0.15, -0.1) is 13.2 Å². The van der Waals surface area contributed by atoms with Gasteiger partial charge in [0.05, 0.1) is 0 Å². The molecule has 0 aromatic rings. The molecule has 3 nitrogen and oxygen atoms in total. The second kappa shape index (κ2) is 6.19. The topological polar surface area (TPSA) is 32.3 Å². The molecule has 2 aliphatic rings. The van der Waals surface area contributed by atoms with Crippen LogP contribution in [0.3, 0.4) is 0 Å². The number of hydrogen-bond donors (Lipinski definition) is 1. The summed E-state index contributed by atoms with van der Waals surface area (Å²) in [5, 5.41) is 3.61. The minimum absolute atomic E-state index is 0.0385. The van der Waals surface area contributed by atoms with Crippen molar-refractivity contribution in [2.75, 3.05) is 13.1 Å². The zero-order chi connectivity index (χ0) is 13.0. The number of carbonyl (C=O) groups is 1. The number of fused-ring (bicyclic) bond motifs is 2. The Morgan fingerprint density at radius 3 is 2.56 bits per heavy atom. The third kappa shape index (κ3) is 3.02. The second-order valence-corrected chi connectivity index (χ2v) is 5.46. The Bertz CT molecular complexity index is 316. The van der Waals surface area contributed by atoms with Crippen molar-refractivity contribution in [2.24, 2.45) is 5.92 Å². The van der Waals surface area contributed by atoms with Crippen molar-refractivity contribution < 1.29 is 4.79 Å². The number of hydrogen-bond acceptors (Lipinski definition) is 2. The first-order valence-corrected chi connectivity index (χ1v) is 7.01. The molecule has 1 amide bonds. The van der Waals surface area contributed by atoms with E-state index in [4.69, 9.17) is 0 Å². The minimum atomic E-state index is 0.0385. The molecule has 0 saturated carbocycles. The molecule has 2 heterocycles. The third-order valence-electron chi connectivity index (χ3n) is 4.09. The first-order valence-electron chi connectivity index (χ1n) is 7.01. The normalized spacial score (nSPS) is 27.1. The van der Waals surface area contributed by atoms with Crippen LogP contribution in [0.1, 0.15) is 32.1 Å². The van der Waals surface area contributed by atoms with Crippen molar-refractivity contribution in [3.05, 3.63) is 25.3 Å². The molecule has 0 radical (unpaired) electrons. The second-order valence-electron chi connectivity index (χ2n) is 5.46. The lowest BCUT2D eigenvalue weighted by atomic mass is 9.98. The van der Waals surface area contributed by atoms with Gasteiger partial charge in [0, 0.05) is 31.1 Å². The molecule has 2 atom stereocenters. The number of likely N-dealkylation sites (tertiary alicyclic amines) is 1. The monoisotopic (exact) mass is 248 g/mol. The molecule has 18 heavy (non-hydrogen) atoms. The Kier molecular flexibility index (Phi) is 4.59. The van der Waals surface area contributed by atoms with Gasteiger partial charge in [0.2, 0.25) is 5.91 Å². The van der Waals surface area contributed by atoms with Gasteiger partial charge >= 0.3 is 0 Å². The van der Waals surface area contributed by atoms with E-state index in [9.17, 15) is 4.79 Å². The van der Waals surface area contributed by atoms with Crippen LogP contribution >= 0.6 is 0 Å². The van der Waals surface area contributed by atoms with Crippen molar-refractivity contribution in [2.45, 2.75) is 44.2 Å². The molecule has 2 unspecified atom stereocenters. The summed E-state index contributed by atoms with van der Waals surface area (Å²) in [4.78, 5) is 14.6. The molecule has 0 spiro atoms. The van der Waals surface area contributed by atoms with Crippen LogP contribution in [0.25, 0.3) is 0 Å². The highest BCUT2D eigenvalue weighted by Gasteiger charge is 2.32. The molecule has 2 bridgehead atoms. The van der Waals surface area contributed by atoms with Crippen LogP contribution in [0, 0.1) is 5.92 Å². The summed E-state index contributed by atoms with van der Waals surface area (Å²) in [5.74, 6) is 0.320. The molecule has 0 aromatic carbocycles. The first kappa shape index (κ1) is 13.3. The lowest BCUT2D eigenvalue weighted by Gasteiger charge is -2.28. The minimum Gasteiger partial charge on any atom is -0.341 e. The highest BCUT2D eigenvalue weighted by Crippen LogP contribution is 2.23. The Morgan fingerprint density at radius 2 is 1.89 bits per heavy atom. The summed E-state index contributed by atoms with van der Waals surface area (Å²) in [7, 11) is 0. The zero-order valence-electron chi connectivity index (χ0n) is 11.1. The molecule has 2 saturated heterocycles. The summed E-state index contributed by atoms with van der Waals surface area (Å²) in [5.41, 5.74) is 0. The van der Waals surface area contributed by atoms with Gasteiger partial charge in [0.15, 0.2) is 0 Å². The van der Waals surface area contributed by atoms with E-state index < -0.39 is 0 Å². The van der Waals surface area contributed by atoms with Gasteiger partial charge in [-0.05, 0) is 32.1 Å². The molecular formula is C15H24N2O. The highest BCUT2D eigenvalue weighted by molar-refractivity contribution is 5.79. The molecular weight excluding hydrogens is 224 g/mol. The lowest BCUT2D eigenvalue weighted by molar-refractivity contribution is -0.135. The largest absolute Gasteiger partial charge is 0.341 e. The maximum atomic E-state index is 12.5. The highest BCUT2D eigenvalue weighted by atomic mass is 16.2. The van der Waals surface area contributed by atoms with Crippen LogP contribution in [0.15, 0.2) is 25.3 Å². The maximum Gasteiger partial charge on any atom is 0.226 e. The van der Waals surface area contributed by atoms with Crippen LogP contribution in [-0.2, 0) is 4.79 Å². The van der Waals surface area contributed by atoms with Gasteiger partial charge in [-0.1, -0.05) is 12.2 Å². The molecule has 0 aliphatic carbocycles. The van der Waals surface area contributed by atoms with E-state index in [0.29, 0.717) is 12.1 Å². The molecule has 2 aliphatic heterocycles. The summed E-state index contributed by atoms with van der Waals surface area (Å²) in [6.45, 7) is 9.27. The van der Waals surface area contributed by atoms with Gasteiger partial charge in [-0.3, -0.25) is 4.79 Å². The van der Waals surface area contributed by atoms with Crippen LogP contribution < -0.4 is 5.32 Å². The fourth-order valence-corrected chi connectivity index (χ4v) is 3.10. The maximum absolute atomic E-state index is 12.5. The van der Waals surface area contributed by atoms with Crippen LogP contribution in [-0.4, -0.2) is 36.0 Å². The van der Waals surface area contributed by atoms with E-state index in [1.54, 1.807) is 0 Å². The van der Waals surface area contributed by atoms with Crippen LogP contribution in [0.5, 0.6) is 0 Å². The molecule has 0 aromatic heterocycles. The van der Waals surface area contributed by atoms with Gasteiger partial charge in [-0.25, -0.2) is 0 Å².